The standard InChI is InChI=1S/C14H29N/c1-4-6-10-13(5-2)14(3,15)11-12-8-7-9-12/h12-13H,4-11,15H2,1-3H3. The molecule has 1 rings (SSSR count). The molecule has 0 heterocycles. The second-order valence-electron chi connectivity index (χ2n) is 5.75. The van der Waals surface area contributed by atoms with Gasteiger partial charge in [0.25, 0.3) is 0 Å². The molecule has 0 radical (unpaired) electrons. The largest absolute Gasteiger partial charge is 0.325 e. The fourth-order valence-corrected chi connectivity index (χ4v) is 2.94. The fraction of sp³-hybridized carbons (Fsp3) is 1.00. The van der Waals surface area contributed by atoms with E-state index in [-0.39, 0.29) is 5.54 Å². The molecule has 2 unspecified atom stereocenters. The molecule has 15 heavy (non-hydrogen) atoms. The van der Waals surface area contributed by atoms with Crippen LogP contribution in [0.25, 0.3) is 0 Å². The van der Waals surface area contributed by atoms with Crippen molar-refractivity contribution in [2.24, 2.45) is 17.6 Å². The molecule has 0 aliphatic heterocycles. The first-order chi connectivity index (χ1) is 7.10. The van der Waals surface area contributed by atoms with Gasteiger partial charge in [-0.2, -0.15) is 0 Å². The number of unbranched alkanes of at least 4 members (excludes halogenated alkanes) is 1. The van der Waals surface area contributed by atoms with Crippen molar-refractivity contribution >= 4 is 0 Å². The highest BCUT2D eigenvalue weighted by Crippen LogP contribution is 2.37. The van der Waals surface area contributed by atoms with Crippen molar-refractivity contribution in [1.82, 2.24) is 0 Å². The Labute approximate surface area is 95.8 Å². The van der Waals surface area contributed by atoms with Crippen molar-refractivity contribution in [3.05, 3.63) is 0 Å². The zero-order chi connectivity index (χ0) is 11.3. The van der Waals surface area contributed by atoms with E-state index in [4.69, 9.17) is 5.73 Å². The van der Waals surface area contributed by atoms with Crippen LogP contribution in [0.5, 0.6) is 0 Å². The molecule has 90 valence electrons. The van der Waals surface area contributed by atoms with Crippen LogP contribution in [0.15, 0.2) is 0 Å². The Kier molecular flexibility index (Phi) is 5.11. The van der Waals surface area contributed by atoms with Gasteiger partial charge in [0.2, 0.25) is 0 Å². The highest BCUT2D eigenvalue weighted by molar-refractivity contribution is 4.90. The van der Waals surface area contributed by atoms with Crippen LogP contribution in [0.2, 0.25) is 0 Å². The molecular weight excluding hydrogens is 182 g/mol. The summed E-state index contributed by atoms with van der Waals surface area (Å²) in [6, 6.07) is 0. The molecule has 0 aromatic rings. The van der Waals surface area contributed by atoms with Crippen molar-refractivity contribution in [3.63, 3.8) is 0 Å². The van der Waals surface area contributed by atoms with E-state index in [2.05, 4.69) is 20.8 Å². The Bertz CT molecular complexity index is 170. The SMILES string of the molecule is CCCCC(CC)C(C)(N)CC1CCC1. The van der Waals surface area contributed by atoms with E-state index in [1.54, 1.807) is 0 Å². The predicted molar refractivity (Wildman–Crippen MR) is 67.9 cm³/mol. The fourth-order valence-electron chi connectivity index (χ4n) is 2.94. The van der Waals surface area contributed by atoms with Gasteiger partial charge >= 0.3 is 0 Å². The van der Waals surface area contributed by atoms with E-state index >= 15 is 0 Å². The molecule has 0 spiro atoms. The lowest BCUT2D eigenvalue weighted by molar-refractivity contribution is 0.170. The Morgan fingerprint density at radius 3 is 2.40 bits per heavy atom. The lowest BCUT2D eigenvalue weighted by Gasteiger charge is -2.39. The Morgan fingerprint density at radius 1 is 1.33 bits per heavy atom. The lowest BCUT2D eigenvalue weighted by Crippen LogP contribution is -2.46. The first kappa shape index (κ1) is 13.0. The first-order valence-corrected chi connectivity index (χ1v) is 6.89. The summed E-state index contributed by atoms with van der Waals surface area (Å²) in [5.74, 6) is 1.67. The second kappa shape index (κ2) is 5.89. The van der Waals surface area contributed by atoms with Crippen molar-refractivity contribution < 1.29 is 0 Å². The van der Waals surface area contributed by atoms with Gasteiger partial charge in [-0.05, 0) is 31.6 Å². The summed E-state index contributed by atoms with van der Waals surface area (Å²) >= 11 is 0. The molecule has 1 saturated carbocycles. The van der Waals surface area contributed by atoms with Gasteiger partial charge < -0.3 is 5.73 Å². The number of hydrogen-bond donors (Lipinski definition) is 1. The maximum Gasteiger partial charge on any atom is 0.0156 e. The molecule has 1 aliphatic carbocycles. The molecule has 1 aliphatic rings. The molecule has 0 aromatic heterocycles. The van der Waals surface area contributed by atoms with Gasteiger partial charge in [0, 0.05) is 5.54 Å². The molecule has 2 N–H and O–H groups in total. The van der Waals surface area contributed by atoms with Crippen LogP contribution in [-0.4, -0.2) is 5.54 Å². The summed E-state index contributed by atoms with van der Waals surface area (Å²) in [7, 11) is 0. The molecule has 1 fully saturated rings. The van der Waals surface area contributed by atoms with Crippen LogP contribution in [-0.2, 0) is 0 Å². The summed E-state index contributed by atoms with van der Waals surface area (Å²) in [6.45, 7) is 6.86. The molecule has 0 bridgehead atoms. The van der Waals surface area contributed by atoms with Gasteiger partial charge in [-0.3, -0.25) is 0 Å². The summed E-state index contributed by atoms with van der Waals surface area (Å²) < 4.78 is 0. The number of rotatable bonds is 7. The van der Waals surface area contributed by atoms with Crippen LogP contribution >= 0.6 is 0 Å². The van der Waals surface area contributed by atoms with E-state index in [0.29, 0.717) is 0 Å². The lowest BCUT2D eigenvalue weighted by atomic mass is 9.70. The zero-order valence-electron chi connectivity index (χ0n) is 10.9. The molecule has 2 atom stereocenters. The van der Waals surface area contributed by atoms with Gasteiger partial charge in [0.15, 0.2) is 0 Å². The van der Waals surface area contributed by atoms with Gasteiger partial charge in [-0.15, -0.1) is 0 Å². The van der Waals surface area contributed by atoms with Crippen molar-refractivity contribution in [1.29, 1.82) is 0 Å². The van der Waals surface area contributed by atoms with Gasteiger partial charge in [-0.1, -0.05) is 52.4 Å². The summed E-state index contributed by atoms with van der Waals surface area (Å²) in [5.41, 5.74) is 6.61. The quantitative estimate of drug-likeness (QED) is 0.674. The zero-order valence-corrected chi connectivity index (χ0v) is 10.9. The van der Waals surface area contributed by atoms with E-state index in [1.807, 2.05) is 0 Å². The monoisotopic (exact) mass is 211 g/mol. The van der Waals surface area contributed by atoms with Gasteiger partial charge in [0.1, 0.15) is 0 Å². The second-order valence-corrected chi connectivity index (χ2v) is 5.75. The summed E-state index contributed by atoms with van der Waals surface area (Å²) in [4.78, 5) is 0. The van der Waals surface area contributed by atoms with E-state index < -0.39 is 0 Å². The maximum absolute atomic E-state index is 6.52. The summed E-state index contributed by atoms with van der Waals surface area (Å²) in [6.07, 6.45) is 10.8. The van der Waals surface area contributed by atoms with Crippen LogP contribution in [0, 0.1) is 11.8 Å². The Balaban J connectivity index is 2.39. The van der Waals surface area contributed by atoms with Crippen LogP contribution < -0.4 is 5.73 Å². The van der Waals surface area contributed by atoms with E-state index in [1.165, 1.54) is 51.4 Å². The van der Waals surface area contributed by atoms with Crippen LogP contribution in [0.4, 0.5) is 0 Å². The van der Waals surface area contributed by atoms with Crippen molar-refractivity contribution in [2.75, 3.05) is 0 Å². The third-order valence-electron chi connectivity index (χ3n) is 4.28. The van der Waals surface area contributed by atoms with E-state index in [0.717, 1.165) is 11.8 Å². The van der Waals surface area contributed by atoms with Gasteiger partial charge in [-0.25, -0.2) is 0 Å². The Morgan fingerprint density at radius 2 is 2.00 bits per heavy atom. The number of nitrogens with two attached hydrogens (primary N) is 1. The van der Waals surface area contributed by atoms with Gasteiger partial charge in [0.05, 0.1) is 0 Å². The Hall–Kier alpha value is -0.0400. The number of hydrogen-bond acceptors (Lipinski definition) is 1. The molecule has 0 amide bonds. The summed E-state index contributed by atoms with van der Waals surface area (Å²) in [5, 5.41) is 0. The highest BCUT2D eigenvalue weighted by Gasteiger charge is 2.33. The van der Waals surface area contributed by atoms with Crippen molar-refractivity contribution in [2.45, 2.75) is 77.7 Å². The third kappa shape index (κ3) is 3.79. The molecule has 0 saturated heterocycles. The normalized spacial score (nSPS) is 23.2. The predicted octanol–water partition coefficient (Wildman–Crippen LogP) is 4.11. The molecule has 0 aromatic carbocycles. The first-order valence-electron chi connectivity index (χ1n) is 6.89. The minimum absolute atomic E-state index is 0.0923. The van der Waals surface area contributed by atoms with E-state index in [9.17, 15) is 0 Å². The highest BCUT2D eigenvalue weighted by atomic mass is 14.7. The van der Waals surface area contributed by atoms with Crippen LogP contribution in [0.1, 0.15) is 72.1 Å². The minimum atomic E-state index is 0.0923. The molecule has 1 heteroatoms. The van der Waals surface area contributed by atoms with Crippen molar-refractivity contribution in [3.8, 4) is 0 Å². The average Bonchev–Trinajstić information content (AvgIpc) is 2.13. The topological polar surface area (TPSA) is 26.0 Å². The molecule has 1 nitrogen and oxygen atoms in total. The third-order valence-corrected chi connectivity index (χ3v) is 4.28. The molecular formula is C14H29N. The maximum atomic E-state index is 6.52. The van der Waals surface area contributed by atoms with Crippen LogP contribution in [0.3, 0.4) is 0 Å². The average molecular weight is 211 g/mol. The smallest absolute Gasteiger partial charge is 0.0156 e. The minimum Gasteiger partial charge on any atom is -0.325 e.